The standard InChI is InChI=1S/CH4O3S.Fe/c1-5(2,3)4;/h1H3,(H,2,3,4);. The minimum Gasteiger partial charge on any atom is -0.286 e. The average molecular weight is 152 g/mol. The van der Waals surface area contributed by atoms with E-state index < -0.39 is 10.1 Å². The summed E-state index contributed by atoms with van der Waals surface area (Å²) in [5, 5.41) is 0. The Morgan fingerprint density at radius 3 is 1.50 bits per heavy atom. The van der Waals surface area contributed by atoms with Crippen LogP contribution in [-0.2, 0) is 27.2 Å². The van der Waals surface area contributed by atoms with Crippen LogP contribution in [0.3, 0.4) is 0 Å². The Morgan fingerprint density at radius 2 is 1.50 bits per heavy atom. The molecule has 5 heteroatoms. The van der Waals surface area contributed by atoms with Gasteiger partial charge >= 0.3 is 0 Å². The summed E-state index contributed by atoms with van der Waals surface area (Å²) in [6.45, 7) is 0. The molecule has 0 aliphatic carbocycles. The van der Waals surface area contributed by atoms with Crippen molar-refractivity contribution in [3.05, 3.63) is 0 Å². The van der Waals surface area contributed by atoms with Crippen LogP contribution < -0.4 is 0 Å². The molecule has 0 spiro atoms. The van der Waals surface area contributed by atoms with Crippen LogP contribution in [0.5, 0.6) is 0 Å². The molecule has 0 saturated heterocycles. The smallest absolute Gasteiger partial charge is 0.261 e. The Bertz CT molecular complexity index is 94.0. The molecule has 3 nitrogen and oxygen atoms in total. The van der Waals surface area contributed by atoms with Gasteiger partial charge in [-0.15, -0.1) is 0 Å². The predicted molar refractivity (Wildman–Crippen MR) is 17.5 cm³/mol. The van der Waals surface area contributed by atoms with E-state index in [0.29, 0.717) is 6.26 Å². The minimum atomic E-state index is -3.67. The first-order valence-electron chi connectivity index (χ1n) is 0.924. The molecule has 6 heavy (non-hydrogen) atoms. The number of hydrogen-bond donors (Lipinski definition) is 1. The maximum Gasteiger partial charge on any atom is 0.261 e. The molecule has 0 aliphatic heterocycles. The second-order valence-corrected chi connectivity index (χ2v) is 2.20. The molecule has 0 rings (SSSR count). The molecule has 40 valence electrons. The van der Waals surface area contributed by atoms with E-state index in [9.17, 15) is 8.42 Å². The van der Waals surface area contributed by atoms with E-state index in [0.717, 1.165) is 0 Å². The van der Waals surface area contributed by atoms with Crippen molar-refractivity contribution in [3.63, 3.8) is 0 Å². The summed E-state index contributed by atoms with van der Waals surface area (Å²) in [5.41, 5.74) is 0. The normalized spacial score (nSPS) is 9.67. The van der Waals surface area contributed by atoms with Crippen LogP contribution >= 0.6 is 0 Å². The summed E-state index contributed by atoms with van der Waals surface area (Å²) in [6, 6.07) is 0. The van der Waals surface area contributed by atoms with Crippen LogP contribution in [-0.4, -0.2) is 19.2 Å². The van der Waals surface area contributed by atoms with Crippen LogP contribution in [0.1, 0.15) is 0 Å². The summed E-state index contributed by atoms with van der Waals surface area (Å²) < 4.78 is 25.9. The number of rotatable bonds is 0. The average Bonchev–Trinajstić information content (AvgIpc) is 0.722. The topological polar surface area (TPSA) is 54.4 Å². The molecule has 0 aliphatic rings. The van der Waals surface area contributed by atoms with Gasteiger partial charge in [-0.2, -0.15) is 8.42 Å². The van der Waals surface area contributed by atoms with E-state index in [1.807, 2.05) is 0 Å². The van der Waals surface area contributed by atoms with Crippen LogP contribution in [0.4, 0.5) is 0 Å². The van der Waals surface area contributed by atoms with Crippen LogP contribution in [0, 0.1) is 0 Å². The van der Waals surface area contributed by atoms with E-state index in [1.54, 1.807) is 0 Å². The Labute approximate surface area is 47.0 Å². The Hall–Kier alpha value is 0.429. The van der Waals surface area contributed by atoms with Crippen molar-refractivity contribution in [1.29, 1.82) is 0 Å². The zero-order chi connectivity index (χ0) is 4.50. The molecule has 0 radical (unpaired) electrons. The molecule has 0 amide bonds. The van der Waals surface area contributed by atoms with Gasteiger partial charge in [0.05, 0.1) is 6.26 Å². The minimum absolute atomic E-state index is 0. The molecule has 0 aromatic heterocycles. The van der Waals surface area contributed by atoms with Crippen LogP contribution in [0.25, 0.3) is 0 Å². The van der Waals surface area contributed by atoms with Crippen molar-refractivity contribution in [3.8, 4) is 0 Å². The van der Waals surface area contributed by atoms with E-state index in [-0.39, 0.29) is 17.1 Å². The van der Waals surface area contributed by atoms with Crippen LogP contribution in [0.2, 0.25) is 0 Å². The zero-order valence-corrected chi connectivity index (χ0v) is 4.95. The molecule has 0 bridgehead atoms. The van der Waals surface area contributed by atoms with E-state index in [1.165, 1.54) is 0 Å². The van der Waals surface area contributed by atoms with E-state index in [2.05, 4.69) is 0 Å². The quantitative estimate of drug-likeness (QED) is 0.376. The van der Waals surface area contributed by atoms with Crippen molar-refractivity contribution in [2.24, 2.45) is 0 Å². The van der Waals surface area contributed by atoms with Gasteiger partial charge in [-0.3, -0.25) is 4.55 Å². The molecular weight excluding hydrogens is 148 g/mol. The van der Waals surface area contributed by atoms with Crippen LogP contribution in [0.15, 0.2) is 0 Å². The fourth-order valence-corrected chi connectivity index (χ4v) is 0. The molecule has 0 atom stereocenters. The van der Waals surface area contributed by atoms with Crippen molar-refractivity contribution in [1.82, 2.24) is 0 Å². The van der Waals surface area contributed by atoms with Gasteiger partial charge in [0.1, 0.15) is 0 Å². The fraction of sp³-hybridized carbons (Fsp3) is 1.00. The second kappa shape index (κ2) is 2.58. The summed E-state index contributed by atoms with van der Waals surface area (Å²) in [6.07, 6.45) is 0.715. The SMILES string of the molecule is CS(=O)(=O)O.[Fe]. The first-order valence-corrected chi connectivity index (χ1v) is 2.77. The summed E-state index contributed by atoms with van der Waals surface area (Å²) in [4.78, 5) is 0. The van der Waals surface area contributed by atoms with Crippen molar-refractivity contribution < 1.29 is 30.0 Å². The van der Waals surface area contributed by atoms with Crippen molar-refractivity contribution in [2.75, 3.05) is 6.26 Å². The number of hydrogen-bond acceptors (Lipinski definition) is 2. The third kappa shape index (κ3) is 282. The van der Waals surface area contributed by atoms with Gasteiger partial charge in [0, 0.05) is 17.1 Å². The molecule has 0 aromatic rings. The Balaban J connectivity index is 0. The van der Waals surface area contributed by atoms with Gasteiger partial charge in [-0.05, 0) is 0 Å². The Kier molecular flexibility index (Phi) is 4.15. The fourth-order valence-electron chi connectivity index (χ4n) is 0. The molecule has 0 saturated carbocycles. The molecule has 0 unspecified atom stereocenters. The van der Waals surface area contributed by atoms with Gasteiger partial charge in [0.15, 0.2) is 0 Å². The summed E-state index contributed by atoms with van der Waals surface area (Å²) in [7, 11) is -3.67. The van der Waals surface area contributed by atoms with Gasteiger partial charge in [0.25, 0.3) is 10.1 Å². The molecule has 0 heterocycles. The molecule has 0 aromatic carbocycles. The Morgan fingerprint density at radius 1 is 1.50 bits per heavy atom. The predicted octanol–water partition coefficient (Wildman–Crippen LogP) is -0.498. The summed E-state index contributed by atoms with van der Waals surface area (Å²) >= 11 is 0. The van der Waals surface area contributed by atoms with Gasteiger partial charge in [0.2, 0.25) is 0 Å². The van der Waals surface area contributed by atoms with Crippen molar-refractivity contribution >= 4 is 10.1 Å². The maximum absolute atomic E-state index is 9.19. The zero-order valence-electron chi connectivity index (χ0n) is 3.03. The third-order valence-corrected chi connectivity index (χ3v) is 0. The monoisotopic (exact) mass is 152 g/mol. The summed E-state index contributed by atoms with van der Waals surface area (Å²) in [5.74, 6) is 0. The van der Waals surface area contributed by atoms with Crippen molar-refractivity contribution in [2.45, 2.75) is 0 Å². The maximum atomic E-state index is 9.19. The molecule has 1 N–H and O–H groups in total. The molecular formula is CH4FeO3S. The third-order valence-electron chi connectivity index (χ3n) is 0. The van der Waals surface area contributed by atoms with Gasteiger partial charge in [-0.1, -0.05) is 0 Å². The largest absolute Gasteiger partial charge is 0.286 e. The second-order valence-electron chi connectivity index (χ2n) is 0.733. The first-order chi connectivity index (χ1) is 2.00. The van der Waals surface area contributed by atoms with Gasteiger partial charge < -0.3 is 0 Å². The van der Waals surface area contributed by atoms with E-state index >= 15 is 0 Å². The van der Waals surface area contributed by atoms with Gasteiger partial charge in [-0.25, -0.2) is 0 Å². The van der Waals surface area contributed by atoms with E-state index in [4.69, 9.17) is 4.55 Å². The first kappa shape index (κ1) is 9.66. The molecule has 0 fully saturated rings.